The molecule has 2 aromatic carbocycles. The second-order valence-corrected chi connectivity index (χ2v) is 6.13. The lowest BCUT2D eigenvalue weighted by Gasteiger charge is -2.22. The number of benzene rings is 2. The van der Waals surface area contributed by atoms with Crippen molar-refractivity contribution in [3.63, 3.8) is 0 Å². The van der Waals surface area contributed by atoms with Gasteiger partial charge in [-0.15, -0.1) is 0 Å². The molecule has 0 aliphatic heterocycles. The molecule has 0 atom stereocenters. The van der Waals surface area contributed by atoms with Gasteiger partial charge in [0, 0.05) is 0 Å². The van der Waals surface area contributed by atoms with Crippen LogP contribution >= 0.6 is 12.2 Å². The van der Waals surface area contributed by atoms with Crippen LogP contribution in [0.4, 0.5) is 14.5 Å². The van der Waals surface area contributed by atoms with E-state index in [1.54, 1.807) is 0 Å². The van der Waals surface area contributed by atoms with Gasteiger partial charge in [0.25, 0.3) is 0 Å². The fraction of sp³-hybridized carbons (Fsp3) is 0.316. The van der Waals surface area contributed by atoms with Crippen LogP contribution in [0.2, 0.25) is 0 Å². The van der Waals surface area contributed by atoms with Gasteiger partial charge in [-0.25, -0.2) is 8.78 Å². The number of isothiocyanates is 1. The predicted molar refractivity (Wildman–Crippen MR) is 92.3 cm³/mol. The van der Waals surface area contributed by atoms with Crippen molar-refractivity contribution in [1.29, 1.82) is 0 Å². The molecule has 0 spiro atoms. The van der Waals surface area contributed by atoms with Gasteiger partial charge in [0.05, 0.1) is 5.16 Å². The molecule has 0 aromatic heterocycles. The number of rotatable bonds is 3. The molecule has 3 rings (SSSR count). The predicted octanol–water partition coefficient (Wildman–Crippen LogP) is 6.41. The molecule has 118 valence electrons. The number of halogens is 2. The van der Waals surface area contributed by atoms with E-state index in [4.69, 9.17) is 0 Å². The molecule has 1 nitrogen and oxygen atoms in total. The summed E-state index contributed by atoms with van der Waals surface area (Å²) in [4.78, 5) is 3.43. The van der Waals surface area contributed by atoms with Crippen LogP contribution in [0.5, 0.6) is 0 Å². The summed E-state index contributed by atoms with van der Waals surface area (Å²) in [6.45, 7) is 0. The largest absolute Gasteiger partial charge is 0.204 e. The lowest BCUT2D eigenvalue weighted by atomic mass is 9.84. The van der Waals surface area contributed by atoms with Crippen molar-refractivity contribution in [3.05, 3.63) is 53.6 Å². The van der Waals surface area contributed by atoms with Crippen LogP contribution in [0, 0.1) is 11.6 Å². The Morgan fingerprint density at radius 2 is 1.52 bits per heavy atom. The van der Waals surface area contributed by atoms with Crippen molar-refractivity contribution in [1.82, 2.24) is 0 Å². The molecule has 1 saturated carbocycles. The van der Waals surface area contributed by atoms with E-state index in [1.165, 1.54) is 49.8 Å². The molecule has 0 radical (unpaired) electrons. The summed E-state index contributed by atoms with van der Waals surface area (Å²) in [6.07, 6.45) is 6.35. The highest BCUT2D eigenvalue weighted by molar-refractivity contribution is 7.78. The first-order valence-corrected chi connectivity index (χ1v) is 8.27. The maximum Gasteiger partial charge on any atom is 0.153 e. The van der Waals surface area contributed by atoms with Crippen molar-refractivity contribution in [2.75, 3.05) is 0 Å². The van der Waals surface area contributed by atoms with Gasteiger partial charge in [-0.1, -0.05) is 43.5 Å². The molecule has 0 unspecified atom stereocenters. The standard InChI is InChI=1S/C19H17F2NS/c20-17-10-16(11-18(21)19(17)22-12-23)15-8-6-14(7-9-15)13-4-2-1-3-5-13/h6-11,13H,1-5H2. The Morgan fingerprint density at radius 1 is 0.913 bits per heavy atom. The molecular formula is C19H17F2NS. The van der Waals surface area contributed by atoms with Crippen LogP contribution in [-0.2, 0) is 0 Å². The van der Waals surface area contributed by atoms with E-state index >= 15 is 0 Å². The average molecular weight is 329 g/mol. The summed E-state index contributed by atoms with van der Waals surface area (Å²) in [7, 11) is 0. The topological polar surface area (TPSA) is 12.4 Å². The number of hydrogen-bond donors (Lipinski definition) is 0. The third-order valence-corrected chi connectivity index (χ3v) is 4.59. The third kappa shape index (κ3) is 3.54. The first kappa shape index (κ1) is 16.0. The van der Waals surface area contributed by atoms with Crippen LogP contribution in [0.1, 0.15) is 43.6 Å². The number of hydrogen-bond acceptors (Lipinski definition) is 2. The number of aliphatic imine (C=N–C) groups is 1. The van der Waals surface area contributed by atoms with Gasteiger partial charge >= 0.3 is 0 Å². The Bertz CT molecular complexity index is 719. The van der Waals surface area contributed by atoms with E-state index in [-0.39, 0.29) is 5.69 Å². The van der Waals surface area contributed by atoms with E-state index in [9.17, 15) is 8.78 Å². The second-order valence-electron chi connectivity index (χ2n) is 5.95. The minimum Gasteiger partial charge on any atom is -0.204 e. The quantitative estimate of drug-likeness (QED) is 0.468. The molecule has 0 bridgehead atoms. The highest BCUT2D eigenvalue weighted by Crippen LogP contribution is 2.34. The monoisotopic (exact) mass is 329 g/mol. The summed E-state index contributed by atoms with van der Waals surface area (Å²) in [5.41, 5.74) is 2.22. The molecule has 1 aliphatic rings. The van der Waals surface area contributed by atoms with E-state index in [0.717, 1.165) is 5.56 Å². The summed E-state index contributed by atoms with van der Waals surface area (Å²) in [6, 6.07) is 10.6. The molecule has 1 aliphatic carbocycles. The zero-order chi connectivity index (χ0) is 16.2. The number of thiocarbonyl (C=S) groups is 1. The lowest BCUT2D eigenvalue weighted by Crippen LogP contribution is -2.04. The SMILES string of the molecule is Fc1cc(-c2ccc(C3CCCCC3)cc2)cc(F)c1N=C=S. The molecule has 0 saturated heterocycles. The van der Waals surface area contributed by atoms with Gasteiger partial charge in [-0.05, 0) is 59.8 Å². The molecule has 0 N–H and O–H groups in total. The maximum atomic E-state index is 13.9. The van der Waals surface area contributed by atoms with Gasteiger partial charge in [0.2, 0.25) is 0 Å². The fourth-order valence-electron chi connectivity index (χ4n) is 3.27. The average Bonchev–Trinajstić information content (AvgIpc) is 2.59. The van der Waals surface area contributed by atoms with Crippen LogP contribution in [0.25, 0.3) is 11.1 Å². The zero-order valence-electron chi connectivity index (χ0n) is 12.7. The van der Waals surface area contributed by atoms with Crippen LogP contribution < -0.4 is 0 Å². The molecule has 23 heavy (non-hydrogen) atoms. The van der Waals surface area contributed by atoms with E-state index in [2.05, 4.69) is 29.3 Å². The van der Waals surface area contributed by atoms with Gasteiger partial charge in [-0.2, -0.15) is 4.99 Å². The van der Waals surface area contributed by atoms with Crippen LogP contribution in [-0.4, -0.2) is 5.16 Å². The number of nitrogens with zero attached hydrogens (tertiary/aromatic N) is 1. The van der Waals surface area contributed by atoms with E-state index in [1.807, 2.05) is 17.3 Å². The summed E-state index contributed by atoms with van der Waals surface area (Å²) in [5, 5.41) is 2.00. The highest BCUT2D eigenvalue weighted by Gasteiger charge is 2.16. The molecule has 1 fully saturated rings. The normalized spacial score (nSPS) is 15.2. The fourth-order valence-corrected chi connectivity index (χ4v) is 3.36. The van der Waals surface area contributed by atoms with Crippen molar-refractivity contribution < 1.29 is 8.78 Å². The second kappa shape index (κ2) is 7.12. The first-order chi connectivity index (χ1) is 11.2. The maximum absolute atomic E-state index is 13.9. The van der Waals surface area contributed by atoms with Crippen molar-refractivity contribution >= 4 is 23.1 Å². The summed E-state index contributed by atoms with van der Waals surface area (Å²) >= 11 is 4.41. The van der Waals surface area contributed by atoms with Crippen LogP contribution in [0.3, 0.4) is 0 Å². The molecular weight excluding hydrogens is 312 g/mol. The lowest BCUT2D eigenvalue weighted by molar-refractivity contribution is 0.443. The molecule has 0 heterocycles. The molecule has 2 aromatic rings. The summed E-state index contributed by atoms with van der Waals surface area (Å²) < 4.78 is 27.9. The Balaban J connectivity index is 1.88. The Morgan fingerprint density at radius 3 is 2.09 bits per heavy atom. The zero-order valence-corrected chi connectivity index (χ0v) is 13.5. The highest BCUT2D eigenvalue weighted by atomic mass is 32.1. The van der Waals surface area contributed by atoms with Crippen molar-refractivity contribution in [3.8, 4) is 11.1 Å². The first-order valence-electron chi connectivity index (χ1n) is 7.86. The third-order valence-electron chi connectivity index (χ3n) is 4.49. The van der Waals surface area contributed by atoms with Gasteiger partial charge in [-0.3, -0.25) is 0 Å². The minimum atomic E-state index is -0.728. The molecule has 0 amide bonds. The Kier molecular flexibility index (Phi) is 4.94. The van der Waals surface area contributed by atoms with Gasteiger partial charge < -0.3 is 0 Å². The van der Waals surface area contributed by atoms with Gasteiger partial charge in [0.15, 0.2) is 11.6 Å². The van der Waals surface area contributed by atoms with E-state index in [0.29, 0.717) is 11.5 Å². The Hall–Kier alpha value is -1.90. The molecule has 4 heteroatoms. The summed E-state index contributed by atoms with van der Waals surface area (Å²) in [5.74, 6) is -0.840. The smallest absolute Gasteiger partial charge is 0.153 e. The van der Waals surface area contributed by atoms with Crippen molar-refractivity contribution in [2.45, 2.75) is 38.0 Å². The van der Waals surface area contributed by atoms with Crippen molar-refractivity contribution in [2.24, 2.45) is 4.99 Å². The van der Waals surface area contributed by atoms with Gasteiger partial charge in [0.1, 0.15) is 5.69 Å². The minimum absolute atomic E-state index is 0.387. The Labute approximate surface area is 140 Å². The van der Waals surface area contributed by atoms with Crippen LogP contribution in [0.15, 0.2) is 41.4 Å². The van der Waals surface area contributed by atoms with E-state index < -0.39 is 11.6 Å².